The number of para-hydroxylation sites is 2. The number of benzene rings is 3. The van der Waals surface area contributed by atoms with Crippen LogP contribution in [0.5, 0.6) is 0 Å². The van der Waals surface area contributed by atoms with Crippen LogP contribution >= 0.6 is 0 Å². The molecule has 0 unspecified atom stereocenters. The summed E-state index contributed by atoms with van der Waals surface area (Å²) in [4.78, 5) is 27.2. The number of aliphatic carboxylic acids is 1. The fraction of sp³-hybridized carbons (Fsp3) is 0.344. The van der Waals surface area contributed by atoms with Crippen LogP contribution in [0.2, 0.25) is 0 Å². The zero-order chi connectivity index (χ0) is 28.8. The van der Waals surface area contributed by atoms with Gasteiger partial charge in [-0.05, 0) is 35.2 Å². The Bertz CT molecular complexity index is 1470. The predicted octanol–water partition coefficient (Wildman–Crippen LogP) is 4.89. The number of aromatic nitrogens is 2. The lowest BCUT2D eigenvalue weighted by atomic mass is 9.90. The number of ether oxygens (including phenoxy) is 2. The molecule has 2 heterocycles. The van der Waals surface area contributed by atoms with Crippen molar-refractivity contribution in [2.75, 3.05) is 0 Å². The number of rotatable bonds is 11. The maximum absolute atomic E-state index is 12.0. The van der Waals surface area contributed by atoms with E-state index in [0.717, 1.165) is 33.3 Å². The summed E-state index contributed by atoms with van der Waals surface area (Å²) >= 11 is 0. The number of carbonyl (C=O) groups is 2. The van der Waals surface area contributed by atoms with Gasteiger partial charge in [0.05, 0.1) is 42.7 Å². The monoisotopic (exact) mass is 557 g/mol. The van der Waals surface area contributed by atoms with Gasteiger partial charge in [-0.2, -0.15) is 0 Å². The maximum Gasteiger partial charge on any atom is 0.303 e. The number of hydrogen-bond acceptors (Lipinski definition) is 6. The SMILES string of the molecule is C[C@@H]1[C@H](Cn2cnc3ccccc32)O[C@H](c2ccc(CNC(=O)CCCC(=O)O)cc2)O[C@@H]1c1ccc(CO)cc1. The molecule has 0 aliphatic carbocycles. The molecule has 1 amide bonds. The molecule has 1 aromatic heterocycles. The fourth-order valence-corrected chi connectivity index (χ4v) is 5.16. The van der Waals surface area contributed by atoms with E-state index in [-0.39, 0.29) is 43.5 Å². The highest BCUT2D eigenvalue weighted by molar-refractivity contribution is 5.76. The van der Waals surface area contributed by atoms with Crippen molar-refractivity contribution in [1.29, 1.82) is 0 Å². The fourth-order valence-electron chi connectivity index (χ4n) is 5.16. The molecule has 214 valence electrons. The van der Waals surface area contributed by atoms with Crippen LogP contribution in [0.25, 0.3) is 11.0 Å². The summed E-state index contributed by atoms with van der Waals surface area (Å²) in [5, 5.41) is 21.1. The topological polar surface area (TPSA) is 123 Å². The van der Waals surface area contributed by atoms with Gasteiger partial charge in [0.1, 0.15) is 0 Å². The number of carboxylic acid groups (broad SMARTS) is 1. The quantitative estimate of drug-likeness (QED) is 0.240. The van der Waals surface area contributed by atoms with Crippen LogP contribution in [0.3, 0.4) is 0 Å². The first-order chi connectivity index (χ1) is 19.9. The van der Waals surface area contributed by atoms with Crippen LogP contribution in [0.15, 0.2) is 79.1 Å². The Morgan fingerprint density at radius 3 is 2.37 bits per heavy atom. The Morgan fingerprint density at radius 1 is 0.927 bits per heavy atom. The normalized spacial score (nSPS) is 20.6. The van der Waals surface area contributed by atoms with Crippen LogP contribution < -0.4 is 5.32 Å². The molecule has 9 heteroatoms. The summed E-state index contributed by atoms with van der Waals surface area (Å²) in [5.41, 5.74) is 5.63. The summed E-state index contributed by atoms with van der Waals surface area (Å²) in [6.45, 7) is 3.08. The van der Waals surface area contributed by atoms with Gasteiger partial charge in [-0.15, -0.1) is 0 Å². The van der Waals surface area contributed by atoms with E-state index in [1.807, 2.05) is 73.1 Å². The number of nitrogens with one attached hydrogen (secondary N) is 1. The number of carbonyl (C=O) groups excluding carboxylic acids is 1. The zero-order valence-corrected chi connectivity index (χ0v) is 23.0. The van der Waals surface area contributed by atoms with E-state index >= 15 is 0 Å². The van der Waals surface area contributed by atoms with Gasteiger partial charge in [0.15, 0.2) is 6.29 Å². The van der Waals surface area contributed by atoms with Crippen LogP contribution in [0.4, 0.5) is 0 Å². The molecular weight excluding hydrogens is 522 g/mol. The second-order valence-electron chi connectivity index (χ2n) is 10.5. The van der Waals surface area contributed by atoms with E-state index in [9.17, 15) is 14.7 Å². The summed E-state index contributed by atoms with van der Waals surface area (Å²) in [6.07, 6.45) is 1.32. The molecule has 1 fully saturated rings. The average molecular weight is 558 g/mol. The summed E-state index contributed by atoms with van der Waals surface area (Å²) in [5.74, 6) is -1.05. The Morgan fingerprint density at radius 2 is 1.63 bits per heavy atom. The van der Waals surface area contributed by atoms with Crippen LogP contribution in [-0.4, -0.2) is 37.7 Å². The van der Waals surface area contributed by atoms with E-state index in [1.54, 1.807) is 0 Å². The van der Waals surface area contributed by atoms with Gasteiger partial charge in [-0.3, -0.25) is 9.59 Å². The molecule has 9 nitrogen and oxygen atoms in total. The van der Waals surface area contributed by atoms with Crippen molar-refractivity contribution in [1.82, 2.24) is 14.9 Å². The van der Waals surface area contributed by atoms with E-state index in [2.05, 4.69) is 27.9 Å². The van der Waals surface area contributed by atoms with E-state index in [4.69, 9.17) is 14.6 Å². The highest BCUT2D eigenvalue weighted by atomic mass is 16.7. The number of fused-ring (bicyclic) bond motifs is 1. The summed E-state index contributed by atoms with van der Waals surface area (Å²) < 4.78 is 15.3. The predicted molar refractivity (Wildman–Crippen MR) is 152 cm³/mol. The molecule has 1 saturated heterocycles. The number of hydrogen-bond donors (Lipinski definition) is 3. The van der Waals surface area contributed by atoms with E-state index in [1.165, 1.54) is 0 Å². The molecule has 4 aromatic rings. The van der Waals surface area contributed by atoms with Crippen molar-refractivity contribution in [3.63, 3.8) is 0 Å². The zero-order valence-electron chi connectivity index (χ0n) is 23.0. The first kappa shape index (κ1) is 28.5. The highest BCUT2D eigenvalue weighted by Gasteiger charge is 2.38. The molecule has 4 atom stereocenters. The molecule has 5 rings (SSSR count). The minimum Gasteiger partial charge on any atom is -0.481 e. The van der Waals surface area contributed by atoms with Crippen LogP contribution in [-0.2, 0) is 38.8 Å². The minimum atomic E-state index is -0.903. The second kappa shape index (κ2) is 13.1. The Kier molecular flexibility index (Phi) is 9.08. The molecule has 0 bridgehead atoms. The number of nitrogens with zero attached hydrogens (tertiary/aromatic N) is 2. The largest absolute Gasteiger partial charge is 0.481 e. The molecule has 41 heavy (non-hydrogen) atoms. The lowest BCUT2D eigenvalue weighted by Crippen LogP contribution is -2.39. The van der Waals surface area contributed by atoms with Crippen molar-refractivity contribution in [3.8, 4) is 0 Å². The third-order valence-electron chi connectivity index (χ3n) is 7.56. The summed E-state index contributed by atoms with van der Waals surface area (Å²) in [7, 11) is 0. The molecular formula is C32H35N3O6. The Hall–Kier alpha value is -4.05. The molecule has 3 N–H and O–H groups in total. The molecule has 0 radical (unpaired) electrons. The van der Waals surface area contributed by atoms with Crippen molar-refractivity contribution < 1.29 is 29.3 Å². The first-order valence-electron chi connectivity index (χ1n) is 13.9. The second-order valence-corrected chi connectivity index (χ2v) is 10.5. The van der Waals surface area contributed by atoms with Crippen molar-refractivity contribution >= 4 is 22.9 Å². The number of aliphatic hydroxyl groups excluding tert-OH is 1. The van der Waals surface area contributed by atoms with Crippen molar-refractivity contribution in [2.45, 2.75) is 64.4 Å². The maximum atomic E-state index is 12.0. The number of carboxylic acids is 1. The molecule has 1 aliphatic heterocycles. The first-order valence-corrected chi connectivity index (χ1v) is 13.9. The average Bonchev–Trinajstić information content (AvgIpc) is 3.40. The van der Waals surface area contributed by atoms with Crippen molar-refractivity contribution in [2.24, 2.45) is 5.92 Å². The third kappa shape index (κ3) is 7.00. The minimum absolute atomic E-state index is 0.0153. The lowest BCUT2D eigenvalue weighted by Gasteiger charge is -2.41. The number of aliphatic hydroxyl groups is 1. The lowest BCUT2D eigenvalue weighted by molar-refractivity contribution is -0.276. The van der Waals surface area contributed by atoms with Gasteiger partial charge >= 0.3 is 5.97 Å². The Balaban J connectivity index is 1.32. The van der Waals surface area contributed by atoms with Gasteiger partial charge in [-0.25, -0.2) is 4.98 Å². The Labute approximate surface area is 238 Å². The number of imidazole rings is 1. The van der Waals surface area contributed by atoms with Crippen molar-refractivity contribution in [3.05, 3.63) is 101 Å². The van der Waals surface area contributed by atoms with Gasteiger partial charge in [0.2, 0.25) is 5.91 Å². The van der Waals surface area contributed by atoms with Gasteiger partial charge < -0.3 is 29.6 Å². The smallest absolute Gasteiger partial charge is 0.303 e. The molecule has 3 aromatic carbocycles. The molecule has 0 saturated carbocycles. The number of amides is 1. The summed E-state index contributed by atoms with van der Waals surface area (Å²) in [6, 6.07) is 23.6. The van der Waals surface area contributed by atoms with Gasteiger partial charge in [0, 0.05) is 30.9 Å². The van der Waals surface area contributed by atoms with Gasteiger partial charge in [0.25, 0.3) is 0 Å². The van der Waals surface area contributed by atoms with E-state index in [0.29, 0.717) is 19.5 Å². The van der Waals surface area contributed by atoms with Gasteiger partial charge in [-0.1, -0.05) is 67.6 Å². The van der Waals surface area contributed by atoms with Crippen LogP contribution in [0.1, 0.15) is 60.8 Å². The standard InChI is InChI=1S/C32H35N3O6/c1-21-28(18-35-20-34-26-5-2-3-6-27(26)35)40-32(41-31(21)24-13-11-23(19-36)12-14-24)25-15-9-22(10-16-25)17-33-29(37)7-4-8-30(38)39/h2-3,5-6,9-16,20-21,28,31-32,36H,4,7-8,17-19H2,1H3,(H,33,37)(H,38,39)/t21-,28+,31+,32+/m1/s1. The molecule has 0 spiro atoms. The van der Waals surface area contributed by atoms with Crippen LogP contribution in [0, 0.1) is 5.92 Å². The third-order valence-corrected chi connectivity index (χ3v) is 7.56. The molecule has 1 aliphatic rings. The van der Waals surface area contributed by atoms with E-state index < -0.39 is 12.3 Å². The highest BCUT2D eigenvalue weighted by Crippen LogP contribution is 2.42.